The van der Waals surface area contributed by atoms with E-state index in [0.717, 1.165) is 49.7 Å². The van der Waals surface area contributed by atoms with Crippen molar-refractivity contribution >= 4 is 0 Å². The van der Waals surface area contributed by atoms with Gasteiger partial charge in [0.05, 0.1) is 25.5 Å². The van der Waals surface area contributed by atoms with E-state index in [0.29, 0.717) is 18.3 Å². The van der Waals surface area contributed by atoms with Crippen molar-refractivity contribution in [3.63, 3.8) is 0 Å². The number of aromatic nitrogens is 4. The molecule has 2 aromatic carbocycles. The second-order valence-electron chi connectivity index (χ2n) is 7.92. The predicted molar refractivity (Wildman–Crippen MR) is 120 cm³/mol. The summed E-state index contributed by atoms with van der Waals surface area (Å²) >= 11 is 0. The average Bonchev–Trinajstić information content (AvgIpc) is 3.51. The maximum Gasteiger partial charge on any atom is 0.241 e. The topological polar surface area (TPSA) is 72.5 Å². The molecule has 4 aromatic rings. The van der Waals surface area contributed by atoms with Gasteiger partial charge in [-0.25, -0.2) is 4.68 Å². The molecule has 1 aliphatic rings. The molecule has 0 atom stereocenters. The van der Waals surface area contributed by atoms with E-state index in [1.807, 2.05) is 53.3 Å². The Bertz CT molecular complexity index is 1130. The van der Waals surface area contributed by atoms with Gasteiger partial charge in [0.25, 0.3) is 0 Å². The van der Waals surface area contributed by atoms with Gasteiger partial charge in [0.2, 0.25) is 11.7 Å². The van der Waals surface area contributed by atoms with Crippen LogP contribution in [0.15, 0.2) is 71.5 Å². The smallest absolute Gasteiger partial charge is 0.241 e. The van der Waals surface area contributed by atoms with E-state index in [-0.39, 0.29) is 0 Å². The third-order valence-electron chi connectivity index (χ3n) is 5.70. The number of hydrogen-bond donors (Lipinski definition) is 0. The van der Waals surface area contributed by atoms with Crippen molar-refractivity contribution in [3.05, 3.63) is 78.4 Å². The van der Waals surface area contributed by atoms with Gasteiger partial charge in [-0.3, -0.25) is 9.80 Å². The standard InChI is InChI=1S/C24H26N6O2/c1-31-22-9-7-20(8-10-22)24-26-23(32-27-24)18-29-13-11-28(12-14-29)16-19-15-25-30(17-19)21-5-3-2-4-6-21/h2-10,15,17H,11-14,16,18H2,1H3. The lowest BCUT2D eigenvalue weighted by Crippen LogP contribution is -2.45. The van der Waals surface area contributed by atoms with Crippen LogP contribution in [-0.4, -0.2) is 63.0 Å². The van der Waals surface area contributed by atoms with Crippen LogP contribution in [0.2, 0.25) is 0 Å². The molecule has 0 amide bonds. The van der Waals surface area contributed by atoms with Crippen LogP contribution in [0.5, 0.6) is 5.75 Å². The number of methoxy groups -OCH3 is 1. The molecule has 1 saturated heterocycles. The van der Waals surface area contributed by atoms with Crippen molar-refractivity contribution in [2.45, 2.75) is 13.1 Å². The Morgan fingerprint density at radius 1 is 0.906 bits per heavy atom. The molecule has 5 rings (SSSR count). The highest BCUT2D eigenvalue weighted by Crippen LogP contribution is 2.20. The summed E-state index contributed by atoms with van der Waals surface area (Å²) < 4.78 is 12.6. The predicted octanol–water partition coefficient (Wildman–Crippen LogP) is 3.25. The minimum atomic E-state index is 0.608. The number of nitrogens with zero attached hydrogens (tertiary/aromatic N) is 6. The first-order valence-corrected chi connectivity index (χ1v) is 10.8. The van der Waals surface area contributed by atoms with Crippen LogP contribution in [0.25, 0.3) is 17.1 Å². The fraction of sp³-hybridized carbons (Fsp3) is 0.292. The van der Waals surface area contributed by atoms with Crippen LogP contribution in [0.1, 0.15) is 11.5 Å². The lowest BCUT2D eigenvalue weighted by molar-refractivity contribution is 0.112. The van der Waals surface area contributed by atoms with Crippen molar-refractivity contribution in [1.82, 2.24) is 29.7 Å². The summed E-state index contributed by atoms with van der Waals surface area (Å²) in [6.45, 7) is 5.50. The van der Waals surface area contributed by atoms with E-state index < -0.39 is 0 Å². The summed E-state index contributed by atoms with van der Waals surface area (Å²) in [6.07, 6.45) is 4.07. The first-order valence-electron chi connectivity index (χ1n) is 10.8. The lowest BCUT2D eigenvalue weighted by atomic mass is 10.2. The van der Waals surface area contributed by atoms with Gasteiger partial charge in [0, 0.05) is 50.0 Å². The maximum absolute atomic E-state index is 5.49. The van der Waals surface area contributed by atoms with E-state index in [2.05, 4.69) is 43.4 Å². The van der Waals surface area contributed by atoms with Crippen LogP contribution in [0.3, 0.4) is 0 Å². The van der Waals surface area contributed by atoms with Crippen molar-refractivity contribution in [2.75, 3.05) is 33.3 Å². The van der Waals surface area contributed by atoms with Crippen LogP contribution < -0.4 is 4.74 Å². The molecule has 1 aliphatic heterocycles. The summed E-state index contributed by atoms with van der Waals surface area (Å²) in [6, 6.07) is 17.9. The third kappa shape index (κ3) is 4.71. The molecule has 1 fully saturated rings. The Labute approximate surface area is 187 Å². The first kappa shape index (κ1) is 20.4. The van der Waals surface area contributed by atoms with Crippen LogP contribution in [0, 0.1) is 0 Å². The average molecular weight is 431 g/mol. The van der Waals surface area contributed by atoms with Gasteiger partial charge in [-0.15, -0.1) is 0 Å². The molecule has 8 nitrogen and oxygen atoms in total. The molecular formula is C24H26N6O2. The SMILES string of the molecule is COc1ccc(-c2noc(CN3CCN(Cc4cnn(-c5ccccc5)c4)CC3)n2)cc1. The zero-order valence-corrected chi connectivity index (χ0v) is 18.1. The second kappa shape index (κ2) is 9.33. The molecule has 3 heterocycles. The molecule has 0 spiro atoms. The number of rotatable bonds is 7. The monoisotopic (exact) mass is 430 g/mol. The molecule has 164 valence electrons. The number of para-hydroxylation sites is 1. The fourth-order valence-electron chi connectivity index (χ4n) is 3.90. The van der Waals surface area contributed by atoms with Gasteiger partial charge in [0.15, 0.2) is 0 Å². The highest BCUT2D eigenvalue weighted by Gasteiger charge is 2.20. The minimum Gasteiger partial charge on any atom is -0.497 e. The second-order valence-corrected chi connectivity index (χ2v) is 7.92. The molecular weight excluding hydrogens is 404 g/mol. The number of ether oxygens (including phenoxy) is 1. The van der Waals surface area contributed by atoms with E-state index in [1.54, 1.807) is 7.11 Å². The minimum absolute atomic E-state index is 0.608. The first-order chi connectivity index (χ1) is 15.8. The van der Waals surface area contributed by atoms with Crippen LogP contribution in [-0.2, 0) is 13.1 Å². The molecule has 0 N–H and O–H groups in total. The number of hydrogen-bond acceptors (Lipinski definition) is 7. The van der Waals surface area contributed by atoms with Gasteiger partial charge in [-0.05, 0) is 36.4 Å². The summed E-state index contributed by atoms with van der Waals surface area (Å²) in [5.74, 6) is 2.06. The van der Waals surface area contributed by atoms with E-state index in [1.165, 1.54) is 5.56 Å². The largest absolute Gasteiger partial charge is 0.497 e. The normalized spacial score (nSPS) is 15.2. The van der Waals surface area contributed by atoms with Crippen molar-refractivity contribution < 1.29 is 9.26 Å². The third-order valence-corrected chi connectivity index (χ3v) is 5.70. The summed E-state index contributed by atoms with van der Waals surface area (Å²) in [5.41, 5.74) is 3.22. The van der Waals surface area contributed by atoms with Gasteiger partial charge >= 0.3 is 0 Å². The summed E-state index contributed by atoms with van der Waals surface area (Å²) in [4.78, 5) is 9.38. The highest BCUT2D eigenvalue weighted by atomic mass is 16.5. The maximum atomic E-state index is 5.49. The van der Waals surface area contributed by atoms with Gasteiger partial charge < -0.3 is 9.26 Å². The van der Waals surface area contributed by atoms with E-state index in [4.69, 9.17) is 9.26 Å². The Hall–Kier alpha value is -3.49. The zero-order chi connectivity index (χ0) is 21.8. The Balaban J connectivity index is 1.12. The number of benzene rings is 2. The van der Waals surface area contributed by atoms with Crippen molar-refractivity contribution in [3.8, 4) is 22.8 Å². The van der Waals surface area contributed by atoms with Crippen molar-refractivity contribution in [1.29, 1.82) is 0 Å². The summed E-state index contributed by atoms with van der Waals surface area (Å²) in [5, 5.41) is 8.64. The molecule has 8 heteroatoms. The Kier molecular flexibility index (Phi) is 5.96. The van der Waals surface area contributed by atoms with Crippen LogP contribution >= 0.6 is 0 Å². The van der Waals surface area contributed by atoms with Gasteiger partial charge in [-0.2, -0.15) is 10.1 Å². The Morgan fingerprint density at radius 3 is 2.34 bits per heavy atom. The van der Waals surface area contributed by atoms with Crippen LogP contribution in [0.4, 0.5) is 0 Å². The molecule has 0 radical (unpaired) electrons. The highest BCUT2D eigenvalue weighted by molar-refractivity contribution is 5.55. The quantitative estimate of drug-likeness (QED) is 0.446. The lowest BCUT2D eigenvalue weighted by Gasteiger charge is -2.33. The molecule has 32 heavy (non-hydrogen) atoms. The molecule has 0 bridgehead atoms. The molecule has 0 saturated carbocycles. The molecule has 0 aliphatic carbocycles. The summed E-state index contributed by atoms with van der Waals surface area (Å²) in [7, 11) is 1.65. The van der Waals surface area contributed by atoms with E-state index in [9.17, 15) is 0 Å². The number of piperazine rings is 1. The van der Waals surface area contributed by atoms with E-state index >= 15 is 0 Å². The van der Waals surface area contributed by atoms with Crippen molar-refractivity contribution in [2.24, 2.45) is 0 Å². The zero-order valence-electron chi connectivity index (χ0n) is 18.1. The van der Waals surface area contributed by atoms with Gasteiger partial charge in [0.1, 0.15) is 5.75 Å². The molecule has 0 unspecified atom stereocenters. The fourth-order valence-corrected chi connectivity index (χ4v) is 3.90. The van der Waals surface area contributed by atoms with Gasteiger partial charge in [-0.1, -0.05) is 23.4 Å². The molecule has 2 aromatic heterocycles. The Morgan fingerprint density at radius 2 is 1.62 bits per heavy atom.